The van der Waals surface area contributed by atoms with Crippen LogP contribution < -0.4 is 10.2 Å². The summed E-state index contributed by atoms with van der Waals surface area (Å²) in [5, 5.41) is 3.09. The Hall–Kier alpha value is -1.66. The minimum absolute atomic E-state index is 0.806. The van der Waals surface area contributed by atoms with Crippen LogP contribution in [0, 0.1) is 0 Å². The molecule has 122 valence electrons. The highest BCUT2D eigenvalue weighted by Crippen LogP contribution is 2.21. The van der Waals surface area contributed by atoms with Crippen LogP contribution in [0.4, 0.5) is 11.8 Å². The Bertz CT molecular complexity index is 626. The molecule has 1 aliphatic heterocycles. The molecule has 1 aromatic heterocycles. The Labute approximate surface area is 145 Å². The first kappa shape index (κ1) is 16.2. The van der Waals surface area contributed by atoms with Gasteiger partial charge in [0.15, 0.2) is 0 Å². The second-order valence-electron chi connectivity index (χ2n) is 5.68. The number of hydrogen-bond acceptors (Lipinski definition) is 5. The van der Waals surface area contributed by atoms with E-state index in [0.29, 0.717) is 0 Å². The SMILES string of the molecule is CNc1nc(N2CCN(CCc3ccccc3)CC2)ncc1Br. The monoisotopic (exact) mass is 375 g/mol. The first-order valence-corrected chi connectivity index (χ1v) is 8.77. The van der Waals surface area contributed by atoms with Crippen LogP contribution in [0.3, 0.4) is 0 Å². The van der Waals surface area contributed by atoms with Gasteiger partial charge >= 0.3 is 0 Å². The number of nitrogens with zero attached hydrogens (tertiary/aromatic N) is 4. The number of benzene rings is 1. The summed E-state index contributed by atoms with van der Waals surface area (Å²) >= 11 is 3.45. The fraction of sp³-hybridized carbons (Fsp3) is 0.412. The zero-order valence-electron chi connectivity index (χ0n) is 13.4. The van der Waals surface area contributed by atoms with E-state index >= 15 is 0 Å². The van der Waals surface area contributed by atoms with Gasteiger partial charge in [0, 0.05) is 46.0 Å². The van der Waals surface area contributed by atoms with Crippen molar-refractivity contribution in [3.63, 3.8) is 0 Å². The molecule has 0 bridgehead atoms. The summed E-state index contributed by atoms with van der Waals surface area (Å²) < 4.78 is 0.894. The van der Waals surface area contributed by atoms with E-state index in [0.717, 1.165) is 55.4 Å². The van der Waals surface area contributed by atoms with E-state index in [1.165, 1.54) is 5.56 Å². The zero-order valence-corrected chi connectivity index (χ0v) is 15.0. The zero-order chi connectivity index (χ0) is 16.1. The van der Waals surface area contributed by atoms with Gasteiger partial charge in [-0.15, -0.1) is 0 Å². The van der Waals surface area contributed by atoms with Crippen LogP contribution in [0.1, 0.15) is 5.56 Å². The summed E-state index contributed by atoms with van der Waals surface area (Å²) in [6.07, 6.45) is 2.93. The van der Waals surface area contributed by atoms with E-state index in [2.05, 4.69) is 71.3 Å². The lowest BCUT2D eigenvalue weighted by Gasteiger charge is -2.34. The molecule has 0 aliphatic carbocycles. The summed E-state index contributed by atoms with van der Waals surface area (Å²) in [4.78, 5) is 13.8. The number of aromatic nitrogens is 2. The van der Waals surface area contributed by atoms with E-state index in [1.807, 2.05) is 13.2 Å². The topological polar surface area (TPSA) is 44.3 Å². The lowest BCUT2D eigenvalue weighted by atomic mass is 10.1. The van der Waals surface area contributed by atoms with Crippen LogP contribution >= 0.6 is 15.9 Å². The molecule has 6 heteroatoms. The standard InChI is InChI=1S/C17H22BrN5/c1-19-16-15(18)13-20-17(21-16)23-11-9-22(10-12-23)8-7-14-5-3-2-4-6-14/h2-6,13H,7-12H2,1H3,(H,19,20,21). The van der Waals surface area contributed by atoms with E-state index in [9.17, 15) is 0 Å². The Morgan fingerprint density at radius 2 is 1.87 bits per heavy atom. The number of anilines is 2. The molecule has 1 aliphatic rings. The van der Waals surface area contributed by atoms with Crippen molar-refractivity contribution >= 4 is 27.7 Å². The molecule has 3 rings (SSSR count). The van der Waals surface area contributed by atoms with Crippen LogP contribution in [0.5, 0.6) is 0 Å². The molecule has 0 unspecified atom stereocenters. The summed E-state index contributed by atoms with van der Waals surface area (Å²) in [5.74, 6) is 1.64. The quantitative estimate of drug-likeness (QED) is 0.869. The Balaban J connectivity index is 1.52. The largest absolute Gasteiger partial charge is 0.372 e. The third kappa shape index (κ3) is 4.20. The third-order valence-electron chi connectivity index (χ3n) is 4.18. The molecule has 23 heavy (non-hydrogen) atoms. The minimum Gasteiger partial charge on any atom is -0.372 e. The van der Waals surface area contributed by atoms with Gasteiger partial charge < -0.3 is 10.2 Å². The highest BCUT2D eigenvalue weighted by atomic mass is 79.9. The number of rotatable bonds is 5. The molecule has 2 aromatic rings. The number of piperazine rings is 1. The summed E-state index contributed by atoms with van der Waals surface area (Å²) in [6, 6.07) is 10.7. The number of halogens is 1. The smallest absolute Gasteiger partial charge is 0.227 e. The van der Waals surface area contributed by atoms with Crippen molar-refractivity contribution in [2.24, 2.45) is 0 Å². The van der Waals surface area contributed by atoms with Gasteiger partial charge in [0.2, 0.25) is 5.95 Å². The van der Waals surface area contributed by atoms with Crippen LogP contribution in [0.2, 0.25) is 0 Å². The Morgan fingerprint density at radius 3 is 2.57 bits per heavy atom. The van der Waals surface area contributed by atoms with Gasteiger partial charge in [0.05, 0.1) is 4.47 Å². The van der Waals surface area contributed by atoms with Gasteiger partial charge in [-0.05, 0) is 27.9 Å². The lowest BCUT2D eigenvalue weighted by molar-refractivity contribution is 0.260. The van der Waals surface area contributed by atoms with Crippen LogP contribution in [-0.4, -0.2) is 54.6 Å². The molecule has 0 atom stereocenters. The average Bonchev–Trinajstić information content (AvgIpc) is 2.62. The molecular weight excluding hydrogens is 354 g/mol. The van der Waals surface area contributed by atoms with Crippen LogP contribution in [0.15, 0.2) is 41.0 Å². The minimum atomic E-state index is 0.806. The highest BCUT2D eigenvalue weighted by molar-refractivity contribution is 9.10. The molecule has 1 N–H and O–H groups in total. The van der Waals surface area contributed by atoms with Crippen molar-refractivity contribution in [1.29, 1.82) is 0 Å². The average molecular weight is 376 g/mol. The fourth-order valence-electron chi connectivity index (χ4n) is 2.79. The second-order valence-corrected chi connectivity index (χ2v) is 6.54. The second kappa shape index (κ2) is 7.75. The van der Waals surface area contributed by atoms with Gasteiger partial charge in [0.25, 0.3) is 0 Å². The summed E-state index contributed by atoms with van der Waals surface area (Å²) in [7, 11) is 1.87. The summed E-state index contributed by atoms with van der Waals surface area (Å²) in [6.45, 7) is 5.17. The van der Waals surface area contributed by atoms with Gasteiger partial charge in [-0.3, -0.25) is 4.90 Å². The van der Waals surface area contributed by atoms with Crippen LogP contribution in [-0.2, 0) is 6.42 Å². The predicted molar refractivity (Wildman–Crippen MR) is 98.1 cm³/mol. The van der Waals surface area contributed by atoms with E-state index in [4.69, 9.17) is 0 Å². The molecule has 5 nitrogen and oxygen atoms in total. The van der Waals surface area contributed by atoms with Crippen molar-refractivity contribution in [3.8, 4) is 0 Å². The van der Waals surface area contributed by atoms with Gasteiger partial charge in [-0.25, -0.2) is 4.98 Å². The maximum absolute atomic E-state index is 4.57. The van der Waals surface area contributed by atoms with E-state index in [-0.39, 0.29) is 0 Å². The van der Waals surface area contributed by atoms with E-state index in [1.54, 1.807) is 0 Å². The maximum atomic E-state index is 4.57. The van der Waals surface area contributed by atoms with Crippen molar-refractivity contribution in [3.05, 3.63) is 46.6 Å². The van der Waals surface area contributed by atoms with Crippen molar-refractivity contribution < 1.29 is 0 Å². The fourth-order valence-corrected chi connectivity index (χ4v) is 3.18. The predicted octanol–water partition coefficient (Wildman–Crippen LogP) is 2.65. The van der Waals surface area contributed by atoms with Crippen LogP contribution in [0.25, 0.3) is 0 Å². The maximum Gasteiger partial charge on any atom is 0.227 e. The van der Waals surface area contributed by atoms with Gasteiger partial charge in [-0.2, -0.15) is 4.98 Å². The molecule has 1 aromatic carbocycles. The Kier molecular flexibility index (Phi) is 5.46. The molecular formula is C17H22BrN5. The first-order chi connectivity index (χ1) is 11.3. The van der Waals surface area contributed by atoms with Crippen molar-refractivity contribution in [2.45, 2.75) is 6.42 Å². The van der Waals surface area contributed by atoms with Crippen molar-refractivity contribution in [2.75, 3.05) is 50.0 Å². The normalized spacial score (nSPS) is 15.7. The van der Waals surface area contributed by atoms with Gasteiger partial charge in [0.1, 0.15) is 5.82 Å². The molecule has 1 fully saturated rings. The molecule has 0 radical (unpaired) electrons. The molecule has 0 spiro atoms. The summed E-state index contributed by atoms with van der Waals surface area (Å²) in [5.41, 5.74) is 1.41. The van der Waals surface area contributed by atoms with Crippen molar-refractivity contribution in [1.82, 2.24) is 14.9 Å². The Morgan fingerprint density at radius 1 is 1.13 bits per heavy atom. The third-order valence-corrected chi connectivity index (χ3v) is 4.76. The molecule has 1 saturated heterocycles. The highest BCUT2D eigenvalue weighted by Gasteiger charge is 2.19. The molecule has 0 saturated carbocycles. The lowest BCUT2D eigenvalue weighted by Crippen LogP contribution is -2.47. The molecule has 0 amide bonds. The van der Waals surface area contributed by atoms with E-state index < -0.39 is 0 Å². The number of nitrogens with one attached hydrogen (secondary N) is 1. The first-order valence-electron chi connectivity index (χ1n) is 7.98. The van der Waals surface area contributed by atoms with Gasteiger partial charge in [-0.1, -0.05) is 30.3 Å². The molecule has 2 heterocycles. The number of hydrogen-bond donors (Lipinski definition) is 1.